The molecule has 0 aliphatic rings. The fourth-order valence-corrected chi connectivity index (χ4v) is 1.96. The molecule has 1 heterocycles. The van der Waals surface area contributed by atoms with Gasteiger partial charge in [-0.2, -0.15) is 0 Å². The third-order valence-electron chi connectivity index (χ3n) is 3.21. The highest BCUT2D eigenvalue weighted by atomic mass is 16.5. The molecule has 1 aromatic rings. The van der Waals surface area contributed by atoms with E-state index in [2.05, 4.69) is 48.5 Å². The van der Waals surface area contributed by atoms with Crippen LogP contribution >= 0.6 is 0 Å². The van der Waals surface area contributed by atoms with Crippen molar-refractivity contribution in [3.05, 3.63) is 23.4 Å². The second-order valence-electron chi connectivity index (χ2n) is 5.44. The maximum Gasteiger partial charge on any atom is 0.126 e. The first-order valence-electron chi connectivity index (χ1n) is 7.57. The van der Waals surface area contributed by atoms with E-state index in [4.69, 9.17) is 9.47 Å². The minimum atomic E-state index is 0.0271. The Kier molecular flexibility index (Phi) is 8.27. The number of anilines is 1. The molecule has 0 aromatic carbocycles. The van der Waals surface area contributed by atoms with E-state index in [1.54, 1.807) is 14.2 Å². The van der Waals surface area contributed by atoms with Crippen LogP contribution in [0.15, 0.2) is 12.1 Å². The van der Waals surface area contributed by atoms with Gasteiger partial charge in [0.25, 0.3) is 0 Å². The molecule has 5 heteroatoms. The number of nitrogens with one attached hydrogen (secondary N) is 2. The minimum absolute atomic E-state index is 0.0271. The Morgan fingerprint density at radius 2 is 2.00 bits per heavy atom. The van der Waals surface area contributed by atoms with Gasteiger partial charge in [-0.25, -0.2) is 4.98 Å². The van der Waals surface area contributed by atoms with Gasteiger partial charge in [0, 0.05) is 39.0 Å². The van der Waals surface area contributed by atoms with Crippen molar-refractivity contribution in [1.82, 2.24) is 10.3 Å². The summed E-state index contributed by atoms with van der Waals surface area (Å²) in [7, 11) is 3.37. The third kappa shape index (κ3) is 6.89. The van der Waals surface area contributed by atoms with E-state index >= 15 is 0 Å². The number of hydrogen-bond donors (Lipinski definition) is 2. The summed E-state index contributed by atoms with van der Waals surface area (Å²) >= 11 is 0. The highest BCUT2D eigenvalue weighted by Crippen LogP contribution is 2.12. The van der Waals surface area contributed by atoms with Crippen molar-refractivity contribution in [2.45, 2.75) is 45.9 Å². The van der Waals surface area contributed by atoms with Crippen molar-refractivity contribution in [2.24, 2.45) is 0 Å². The van der Waals surface area contributed by atoms with Crippen LogP contribution in [0.2, 0.25) is 0 Å². The van der Waals surface area contributed by atoms with Crippen molar-refractivity contribution in [3.8, 4) is 0 Å². The molecule has 1 aromatic heterocycles. The average molecular weight is 295 g/mol. The van der Waals surface area contributed by atoms with Gasteiger partial charge in [0.2, 0.25) is 0 Å². The van der Waals surface area contributed by atoms with E-state index in [-0.39, 0.29) is 6.10 Å². The Balaban J connectivity index is 2.69. The average Bonchev–Trinajstić information content (AvgIpc) is 2.49. The Labute approximate surface area is 128 Å². The molecule has 1 atom stereocenters. The number of methoxy groups -OCH3 is 2. The first-order chi connectivity index (χ1) is 10.1. The maximum atomic E-state index is 5.35. The molecule has 0 aliphatic carbocycles. The van der Waals surface area contributed by atoms with Crippen LogP contribution in [0.1, 0.15) is 32.0 Å². The number of rotatable bonds is 10. The van der Waals surface area contributed by atoms with Crippen LogP contribution in [0.3, 0.4) is 0 Å². The molecule has 1 unspecified atom stereocenters. The van der Waals surface area contributed by atoms with Gasteiger partial charge in [0.1, 0.15) is 5.82 Å². The zero-order valence-electron chi connectivity index (χ0n) is 13.9. The molecule has 21 heavy (non-hydrogen) atoms. The Bertz CT molecular complexity index is 411. The van der Waals surface area contributed by atoms with Gasteiger partial charge < -0.3 is 20.1 Å². The second kappa shape index (κ2) is 9.71. The van der Waals surface area contributed by atoms with Crippen LogP contribution in [0, 0.1) is 0 Å². The van der Waals surface area contributed by atoms with E-state index in [1.165, 1.54) is 5.56 Å². The van der Waals surface area contributed by atoms with Gasteiger partial charge in [-0.05, 0) is 24.1 Å². The summed E-state index contributed by atoms with van der Waals surface area (Å²) < 4.78 is 10.5. The molecular weight excluding hydrogens is 266 g/mol. The summed E-state index contributed by atoms with van der Waals surface area (Å²) in [6.45, 7) is 8.52. The van der Waals surface area contributed by atoms with Gasteiger partial charge >= 0.3 is 0 Å². The van der Waals surface area contributed by atoms with Crippen LogP contribution < -0.4 is 10.6 Å². The molecule has 5 nitrogen and oxygen atoms in total. The van der Waals surface area contributed by atoms with Gasteiger partial charge in [-0.1, -0.05) is 20.8 Å². The number of aryl methyl sites for hydroxylation is 1. The molecule has 2 N–H and O–H groups in total. The standard InChI is InChI=1S/C16H29N3O2/c1-6-14-7-13(9-17-12(2)3)8-16(19-14)18-10-15(21-5)11-20-4/h7-8,12,15,17H,6,9-11H2,1-5H3,(H,18,19). The van der Waals surface area contributed by atoms with Crippen molar-refractivity contribution in [2.75, 3.05) is 32.7 Å². The summed E-state index contributed by atoms with van der Waals surface area (Å²) in [6, 6.07) is 4.72. The molecule has 120 valence electrons. The topological polar surface area (TPSA) is 55.4 Å². The van der Waals surface area contributed by atoms with Gasteiger partial charge in [-0.15, -0.1) is 0 Å². The number of ether oxygens (including phenoxy) is 2. The van der Waals surface area contributed by atoms with Crippen LogP contribution in [0.25, 0.3) is 0 Å². The van der Waals surface area contributed by atoms with Crippen LogP contribution in [-0.2, 0) is 22.4 Å². The lowest BCUT2D eigenvalue weighted by Crippen LogP contribution is -2.27. The minimum Gasteiger partial charge on any atom is -0.382 e. The fourth-order valence-electron chi connectivity index (χ4n) is 1.96. The highest BCUT2D eigenvalue weighted by Gasteiger charge is 2.08. The predicted molar refractivity (Wildman–Crippen MR) is 86.8 cm³/mol. The number of pyridine rings is 1. The van der Waals surface area contributed by atoms with E-state index in [9.17, 15) is 0 Å². The SMILES string of the molecule is CCc1cc(CNC(C)C)cc(NCC(COC)OC)n1. The predicted octanol–water partition coefficient (Wildman–Crippen LogP) is 2.22. The highest BCUT2D eigenvalue weighted by molar-refractivity contribution is 5.40. The smallest absolute Gasteiger partial charge is 0.126 e. The summed E-state index contributed by atoms with van der Waals surface area (Å²) in [5, 5.41) is 6.78. The summed E-state index contributed by atoms with van der Waals surface area (Å²) in [4.78, 5) is 4.61. The van der Waals surface area contributed by atoms with Crippen LogP contribution in [0.5, 0.6) is 0 Å². The maximum absolute atomic E-state index is 5.35. The molecule has 0 saturated heterocycles. The van der Waals surface area contributed by atoms with E-state index in [1.807, 2.05) is 0 Å². The van der Waals surface area contributed by atoms with E-state index in [0.717, 1.165) is 24.5 Å². The molecule has 0 spiro atoms. The second-order valence-corrected chi connectivity index (χ2v) is 5.44. The fraction of sp³-hybridized carbons (Fsp3) is 0.688. The Morgan fingerprint density at radius 1 is 1.24 bits per heavy atom. The van der Waals surface area contributed by atoms with Crippen LogP contribution in [0.4, 0.5) is 5.82 Å². The zero-order chi connectivity index (χ0) is 15.7. The molecule has 0 amide bonds. The van der Waals surface area contributed by atoms with E-state index < -0.39 is 0 Å². The first-order valence-corrected chi connectivity index (χ1v) is 7.57. The van der Waals surface area contributed by atoms with Crippen molar-refractivity contribution in [1.29, 1.82) is 0 Å². The molecule has 0 fully saturated rings. The normalized spacial score (nSPS) is 12.7. The lowest BCUT2D eigenvalue weighted by Gasteiger charge is -2.17. The number of nitrogens with zero attached hydrogens (tertiary/aromatic N) is 1. The lowest BCUT2D eigenvalue weighted by atomic mass is 10.2. The Morgan fingerprint density at radius 3 is 2.57 bits per heavy atom. The largest absolute Gasteiger partial charge is 0.382 e. The van der Waals surface area contributed by atoms with Crippen molar-refractivity contribution in [3.63, 3.8) is 0 Å². The molecule has 0 saturated carbocycles. The number of aromatic nitrogens is 1. The quantitative estimate of drug-likeness (QED) is 0.693. The first kappa shape index (κ1) is 17.9. The summed E-state index contributed by atoms with van der Waals surface area (Å²) in [5.74, 6) is 0.896. The van der Waals surface area contributed by atoms with E-state index in [0.29, 0.717) is 19.2 Å². The van der Waals surface area contributed by atoms with Crippen molar-refractivity contribution < 1.29 is 9.47 Å². The van der Waals surface area contributed by atoms with Gasteiger partial charge in [0.05, 0.1) is 12.7 Å². The van der Waals surface area contributed by atoms with Gasteiger partial charge in [0.15, 0.2) is 0 Å². The molecule has 0 bridgehead atoms. The van der Waals surface area contributed by atoms with Gasteiger partial charge in [-0.3, -0.25) is 0 Å². The van der Waals surface area contributed by atoms with Crippen LogP contribution in [-0.4, -0.2) is 44.5 Å². The molecule has 1 rings (SSSR count). The lowest BCUT2D eigenvalue weighted by molar-refractivity contribution is 0.0365. The molecule has 0 aliphatic heterocycles. The Hall–Kier alpha value is -1.17. The third-order valence-corrected chi connectivity index (χ3v) is 3.21. The molecule has 0 radical (unpaired) electrons. The zero-order valence-corrected chi connectivity index (χ0v) is 13.9. The summed E-state index contributed by atoms with van der Waals surface area (Å²) in [5.41, 5.74) is 2.35. The monoisotopic (exact) mass is 295 g/mol. The summed E-state index contributed by atoms with van der Waals surface area (Å²) in [6.07, 6.45) is 0.954. The molecular formula is C16H29N3O2. The number of hydrogen-bond acceptors (Lipinski definition) is 5. The van der Waals surface area contributed by atoms with Crippen molar-refractivity contribution >= 4 is 5.82 Å².